The van der Waals surface area contributed by atoms with Gasteiger partial charge in [-0.3, -0.25) is 53.8 Å². The first-order chi connectivity index (χ1) is 50.8. The van der Waals surface area contributed by atoms with E-state index >= 15 is 0 Å². The van der Waals surface area contributed by atoms with Gasteiger partial charge in [0.05, 0.1) is 31.9 Å². The van der Waals surface area contributed by atoms with Crippen LogP contribution >= 0.6 is 23.2 Å². The Labute approximate surface area is 625 Å². The molecule has 27 heteroatoms. The summed E-state index contributed by atoms with van der Waals surface area (Å²) in [4.78, 5) is 129. The number of rotatable bonds is 30. The predicted molar refractivity (Wildman–Crippen MR) is 400 cm³/mol. The first kappa shape index (κ1) is 80.5. The van der Waals surface area contributed by atoms with E-state index in [1.807, 2.05) is 48.5 Å². The first-order valence-corrected chi connectivity index (χ1v) is 34.5. The fourth-order valence-corrected chi connectivity index (χ4v) is 12.1. The predicted octanol–water partition coefficient (Wildman–Crippen LogP) is 16.4. The van der Waals surface area contributed by atoms with Crippen molar-refractivity contribution in [3.63, 3.8) is 0 Å². The van der Waals surface area contributed by atoms with E-state index in [1.54, 1.807) is 119 Å². The van der Waals surface area contributed by atoms with Crippen molar-refractivity contribution in [1.29, 1.82) is 0 Å². The number of furan rings is 2. The number of benzene rings is 7. The first-order valence-electron chi connectivity index (χ1n) is 33.7. The van der Waals surface area contributed by atoms with E-state index in [-0.39, 0.29) is 70.9 Å². The van der Waals surface area contributed by atoms with E-state index in [4.69, 9.17) is 36.8 Å². The third-order valence-electron chi connectivity index (χ3n) is 17.3. The van der Waals surface area contributed by atoms with E-state index in [0.717, 1.165) is 10.8 Å². The number of halogens is 2. The molecule has 556 valence electrons. The van der Waals surface area contributed by atoms with Crippen LogP contribution in [0.2, 0.25) is 10.0 Å². The van der Waals surface area contributed by atoms with E-state index < -0.39 is 123 Å². The highest BCUT2D eigenvalue weighted by Crippen LogP contribution is 2.37. The zero-order valence-corrected chi connectivity index (χ0v) is 60.8. The summed E-state index contributed by atoms with van der Waals surface area (Å²) < 4.78 is 17.3. The molecule has 0 aliphatic heterocycles. The fourth-order valence-electron chi connectivity index (χ4n) is 11.7. The van der Waals surface area contributed by atoms with Gasteiger partial charge in [0.1, 0.15) is 17.1 Å². The van der Waals surface area contributed by atoms with Crippen molar-refractivity contribution in [2.24, 2.45) is 5.92 Å². The van der Waals surface area contributed by atoms with Crippen molar-refractivity contribution < 1.29 is 82.2 Å². The maximum Gasteiger partial charge on any atom is 0.339 e. The Morgan fingerprint density at radius 3 is 1.43 bits per heavy atom. The van der Waals surface area contributed by atoms with Gasteiger partial charge in [-0.05, 0) is 135 Å². The molecular weight excluding hydrogens is 1420 g/mol. The van der Waals surface area contributed by atoms with Crippen LogP contribution < -0.4 is 10.6 Å². The number of esters is 1. The van der Waals surface area contributed by atoms with Gasteiger partial charge >= 0.3 is 17.9 Å². The van der Waals surface area contributed by atoms with Crippen LogP contribution in [-0.2, 0) is 59.4 Å². The second kappa shape index (κ2) is 36.5. The SMILES string of the molecule is CC(C(Cc1ccc(C(=O)Nc2ccccc2)o1)c1ccc([N+](=O)[O-])cc1)N(Cc1cccc(Cl)c1Cl)C(=O)C(O)=C(CC(=O)O)C(=O)OC(C)(C)C.CC(C)C(=O)C(CCC(=O)O)=C(O)C(=O)N(Cc1ccc2ccccc2c1)C(C)C(Cc1ccc(C(=O)Nc2ccccc2)o1)c1ccc([N+](=O)[O-])cc1. The third-order valence-corrected chi connectivity index (χ3v) is 18.2. The zero-order valence-electron chi connectivity index (χ0n) is 59.3. The summed E-state index contributed by atoms with van der Waals surface area (Å²) in [5.41, 5.74) is 0.820. The van der Waals surface area contributed by atoms with Crippen molar-refractivity contribution >= 4 is 104 Å². The molecule has 0 fully saturated rings. The summed E-state index contributed by atoms with van der Waals surface area (Å²) in [5.74, 6) is -10.7. The number of hydrogen-bond acceptors (Lipinski definition) is 17. The molecule has 0 saturated carbocycles. The maximum atomic E-state index is 14.5. The van der Waals surface area contributed by atoms with Gasteiger partial charge in [0.15, 0.2) is 28.8 Å². The molecule has 9 rings (SSSR count). The van der Waals surface area contributed by atoms with Gasteiger partial charge in [-0.1, -0.05) is 146 Å². The van der Waals surface area contributed by atoms with Crippen LogP contribution in [0.1, 0.15) is 134 Å². The topological polar surface area (TPSA) is 370 Å². The number of nitrogens with zero attached hydrogens (tertiary/aromatic N) is 4. The molecule has 7 aromatic carbocycles. The van der Waals surface area contributed by atoms with Crippen molar-refractivity contribution in [2.75, 3.05) is 10.6 Å². The summed E-state index contributed by atoms with van der Waals surface area (Å²) in [5, 5.41) is 72.6. The van der Waals surface area contributed by atoms with Crippen molar-refractivity contribution in [2.45, 2.75) is 123 Å². The molecule has 4 amide bonds. The van der Waals surface area contributed by atoms with Crippen LogP contribution in [0.5, 0.6) is 0 Å². The van der Waals surface area contributed by atoms with Gasteiger partial charge in [-0.15, -0.1) is 0 Å². The molecule has 0 radical (unpaired) electrons. The molecular formula is C80H78Cl2N6O19. The maximum absolute atomic E-state index is 14.5. The normalized spacial score (nSPS) is 12.9. The lowest BCUT2D eigenvalue weighted by molar-refractivity contribution is -0.385. The number of nitro groups is 2. The minimum Gasteiger partial charge on any atom is -0.503 e. The zero-order chi connectivity index (χ0) is 78.0. The number of ketones is 1. The van der Waals surface area contributed by atoms with E-state index in [1.165, 1.54) is 85.2 Å². The highest BCUT2D eigenvalue weighted by molar-refractivity contribution is 6.42. The van der Waals surface area contributed by atoms with Crippen LogP contribution in [0.25, 0.3) is 10.8 Å². The highest BCUT2D eigenvalue weighted by Gasteiger charge is 2.38. The Morgan fingerprint density at radius 2 is 0.981 bits per heavy atom. The van der Waals surface area contributed by atoms with Crippen LogP contribution in [0.15, 0.2) is 226 Å². The number of carbonyl (C=O) groups is 8. The quantitative estimate of drug-likeness (QED) is 0.00800. The van der Waals surface area contributed by atoms with Gasteiger partial charge in [0.2, 0.25) is 0 Å². The fraction of sp³-hybridized carbons (Fsp3) is 0.250. The number of nitro benzene ring substituents is 2. The molecule has 2 aromatic heterocycles. The van der Waals surface area contributed by atoms with Gasteiger partial charge in [-0.25, -0.2) is 4.79 Å². The van der Waals surface area contributed by atoms with Crippen LogP contribution in [0, 0.1) is 26.1 Å². The third kappa shape index (κ3) is 21.9. The Kier molecular flexibility index (Phi) is 27.4. The number of aliphatic carboxylic acids is 2. The Bertz CT molecular complexity index is 4820. The van der Waals surface area contributed by atoms with E-state index in [0.29, 0.717) is 45.1 Å². The second-order valence-corrected chi connectivity index (χ2v) is 27.2. The molecule has 0 bridgehead atoms. The number of fused-ring (bicyclic) bond motifs is 1. The van der Waals surface area contributed by atoms with Crippen LogP contribution in [0.4, 0.5) is 22.7 Å². The molecule has 2 heterocycles. The average Bonchev–Trinajstić information content (AvgIpc) is 1.65. The molecule has 0 spiro atoms. The minimum atomic E-state index is -1.50. The molecule has 4 unspecified atom stereocenters. The largest absolute Gasteiger partial charge is 0.503 e. The van der Waals surface area contributed by atoms with Gasteiger partial charge in [0, 0.05) is 103 Å². The average molecular weight is 1500 g/mol. The summed E-state index contributed by atoms with van der Waals surface area (Å²) in [7, 11) is 0. The molecule has 9 aromatic rings. The van der Waals surface area contributed by atoms with Gasteiger partial charge in [0.25, 0.3) is 35.0 Å². The molecule has 0 aliphatic rings. The number of allylic oxidation sites excluding steroid dienone is 1. The number of non-ortho nitro benzene ring substituents is 2. The summed E-state index contributed by atoms with van der Waals surface area (Å²) in [6, 6.07) is 51.7. The number of ether oxygens (including phenoxy) is 1. The van der Waals surface area contributed by atoms with Crippen LogP contribution in [-0.4, -0.2) is 105 Å². The summed E-state index contributed by atoms with van der Waals surface area (Å²) >= 11 is 12.8. The number of Topliss-reactive ketones (excluding diaryl/α,β-unsaturated/α-hetero) is 1. The number of carbonyl (C=O) groups excluding carboxylic acids is 6. The molecule has 107 heavy (non-hydrogen) atoms. The number of nitrogens with one attached hydrogen (secondary N) is 2. The standard InChI is InChI=1S/C42H41N3O9.C38H37Cl2N3O10/c1-26(2)39(48)35(20-22-38(46)47)40(49)42(51)44(25-28-13-14-29-9-7-8-10-31(29)23-28)27(3)36(30-15-17-33(18-16-30)45(52)53)24-34-19-21-37(54-34)41(50)43-32-11-5-4-6-12-32;1-22(42(21-24-9-8-12-30(39)33(24)40)36(48)34(46)29(20-32(44)45)37(49)53-38(2,3)4)28(23-13-15-26(16-14-23)43(50)51)19-27-17-18-31(52-27)35(47)41-25-10-6-5-7-11-25/h4-19,21,23,26-27,36,49H,20,22,24-25H2,1-3H3,(H,43,50)(H,46,47);5-18,22,28,46H,19-21H2,1-4H3,(H,41,47)(H,44,45). The lowest BCUT2D eigenvalue weighted by Crippen LogP contribution is -2.43. The Balaban J connectivity index is 0.000000270. The minimum absolute atomic E-state index is 0.00570. The molecule has 4 atom stereocenters. The molecule has 0 aliphatic carbocycles. The number of anilines is 2. The number of carboxylic acids is 2. The Hall–Kier alpha value is -12.2. The van der Waals surface area contributed by atoms with Gasteiger partial charge in [-0.2, -0.15) is 0 Å². The van der Waals surface area contributed by atoms with Crippen molar-refractivity contribution in [1.82, 2.24) is 9.80 Å². The number of aliphatic hydroxyl groups is 2. The summed E-state index contributed by atoms with van der Waals surface area (Å²) in [6.07, 6.45) is -1.70. The lowest BCUT2D eigenvalue weighted by Gasteiger charge is -2.35. The number of hydrogen-bond donors (Lipinski definition) is 6. The number of carboxylic acid groups (broad SMARTS) is 2. The second-order valence-electron chi connectivity index (χ2n) is 26.4. The van der Waals surface area contributed by atoms with Gasteiger partial charge < -0.3 is 54.4 Å². The monoisotopic (exact) mass is 1500 g/mol. The van der Waals surface area contributed by atoms with Crippen molar-refractivity contribution in [3.05, 3.63) is 292 Å². The summed E-state index contributed by atoms with van der Waals surface area (Å²) in [6.45, 7) is 10.9. The highest BCUT2D eigenvalue weighted by atomic mass is 35.5. The van der Waals surface area contributed by atoms with E-state index in [2.05, 4.69) is 10.6 Å². The lowest BCUT2D eigenvalue weighted by atomic mass is 9.86. The molecule has 0 saturated heterocycles. The smallest absolute Gasteiger partial charge is 0.339 e. The van der Waals surface area contributed by atoms with Crippen molar-refractivity contribution in [3.8, 4) is 0 Å². The number of aliphatic hydroxyl groups excluding tert-OH is 2. The molecule has 6 N–H and O–H groups in total. The Morgan fingerprint density at radius 1 is 0.523 bits per heavy atom. The molecule has 25 nitrogen and oxygen atoms in total. The number of para-hydroxylation sites is 2. The number of amides is 4. The van der Waals surface area contributed by atoms with Crippen LogP contribution in [0.3, 0.4) is 0 Å². The van der Waals surface area contributed by atoms with E-state index in [9.17, 15) is 79.0 Å².